The second-order valence-electron chi connectivity index (χ2n) is 5.40. The van der Waals surface area contributed by atoms with Crippen molar-refractivity contribution in [2.24, 2.45) is 0 Å². The summed E-state index contributed by atoms with van der Waals surface area (Å²) in [5.74, 6) is -0.292. The number of carboxylic acid groups (broad SMARTS) is 1. The van der Waals surface area contributed by atoms with E-state index in [0.29, 0.717) is 0 Å². The summed E-state index contributed by atoms with van der Waals surface area (Å²) in [6.07, 6.45) is 1.63. The summed E-state index contributed by atoms with van der Waals surface area (Å²) in [6.45, 7) is 0. The highest BCUT2D eigenvalue weighted by Crippen LogP contribution is 2.33. The van der Waals surface area contributed by atoms with E-state index in [1.165, 1.54) is 6.07 Å². The average molecular weight is 319 g/mol. The van der Waals surface area contributed by atoms with Crippen molar-refractivity contribution in [3.63, 3.8) is 0 Å². The minimum Gasteiger partial charge on any atom is -0.497 e. The van der Waals surface area contributed by atoms with E-state index in [1.807, 2.05) is 48.5 Å². The van der Waals surface area contributed by atoms with Gasteiger partial charge in [0.1, 0.15) is 11.4 Å². The average Bonchev–Trinajstić information content (AvgIpc) is 2.63. The topological polar surface area (TPSA) is 59.4 Å². The van der Waals surface area contributed by atoms with Crippen molar-refractivity contribution in [2.45, 2.75) is 5.92 Å². The van der Waals surface area contributed by atoms with Gasteiger partial charge < -0.3 is 9.84 Å². The highest BCUT2D eigenvalue weighted by Gasteiger charge is 2.18. The van der Waals surface area contributed by atoms with Crippen LogP contribution in [0.15, 0.2) is 72.9 Å². The molecule has 0 spiro atoms. The first kappa shape index (κ1) is 15.7. The summed E-state index contributed by atoms with van der Waals surface area (Å²) in [6, 6.07) is 21.3. The molecule has 1 atom stereocenters. The number of aromatic carboxylic acids is 1. The smallest absolute Gasteiger partial charge is 0.354 e. The molecule has 120 valence electrons. The van der Waals surface area contributed by atoms with E-state index in [9.17, 15) is 4.79 Å². The molecular formula is C20H17NO3. The number of nitrogens with zero attached hydrogens (tertiary/aromatic N) is 1. The second-order valence-corrected chi connectivity index (χ2v) is 5.40. The van der Waals surface area contributed by atoms with Gasteiger partial charge in [0.2, 0.25) is 0 Å². The Morgan fingerprint density at radius 3 is 2.33 bits per heavy atom. The van der Waals surface area contributed by atoms with Gasteiger partial charge >= 0.3 is 5.97 Å². The Morgan fingerprint density at radius 1 is 0.958 bits per heavy atom. The fourth-order valence-corrected chi connectivity index (χ4v) is 2.75. The van der Waals surface area contributed by atoms with Crippen LogP contribution >= 0.6 is 0 Å². The highest BCUT2D eigenvalue weighted by molar-refractivity contribution is 5.85. The van der Waals surface area contributed by atoms with Crippen LogP contribution in [0.5, 0.6) is 5.75 Å². The van der Waals surface area contributed by atoms with Crippen LogP contribution in [-0.2, 0) is 0 Å². The van der Waals surface area contributed by atoms with Crippen molar-refractivity contribution in [1.82, 2.24) is 4.98 Å². The number of rotatable bonds is 5. The van der Waals surface area contributed by atoms with Gasteiger partial charge in [0, 0.05) is 12.1 Å². The number of hydrogen-bond donors (Lipinski definition) is 1. The van der Waals surface area contributed by atoms with Gasteiger partial charge in [-0.15, -0.1) is 0 Å². The van der Waals surface area contributed by atoms with Crippen LogP contribution in [0, 0.1) is 0 Å². The molecule has 0 radical (unpaired) electrons. The third-order valence-corrected chi connectivity index (χ3v) is 3.90. The van der Waals surface area contributed by atoms with Crippen LogP contribution in [0.25, 0.3) is 0 Å². The first-order valence-electron chi connectivity index (χ1n) is 7.57. The molecule has 1 N–H and O–H groups in total. The van der Waals surface area contributed by atoms with Crippen molar-refractivity contribution < 1.29 is 14.6 Å². The molecule has 0 bridgehead atoms. The molecule has 1 unspecified atom stereocenters. The van der Waals surface area contributed by atoms with Gasteiger partial charge in [-0.3, -0.25) is 0 Å². The molecule has 0 saturated carbocycles. The van der Waals surface area contributed by atoms with Gasteiger partial charge in [0.05, 0.1) is 7.11 Å². The lowest BCUT2D eigenvalue weighted by atomic mass is 9.86. The lowest BCUT2D eigenvalue weighted by Crippen LogP contribution is -2.06. The normalized spacial score (nSPS) is 11.7. The molecule has 3 rings (SSSR count). The predicted octanol–water partition coefficient (Wildman–Crippen LogP) is 3.97. The van der Waals surface area contributed by atoms with Gasteiger partial charge in [-0.05, 0) is 34.9 Å². The summed E-state index contributed by atoms with van der Waals surface area (Å²) in [5, 5.41) is 9.04. The molecule has 4 heteroatoms. The number of carboxylic acids is 1. The molecule has 1 aromatic heterocycles. The van der Waals surface area contributed by atoms with Crippen molar-refractivity contribution in [3.8, 4) is 5.75 Å². The third-order valence-electron chi connectivity index (χ3n) is 3.90. The maximum absolute atomic E-state index is 11.0. The third kappa shape index (κ3) is 3.27. The molecule has 0 aliphatic rings. The first-order chi connectivity index (χ1) is 11.7. The van der Waals surface area contributed by atoms with Crippen LogP contribution in [0.1, 0.15) is 33.1 Å². The molecule has 3 aromatic rings. The van der Waals surface area contributed by atoms with Gasteiger partial charge in [-0.1, -0.05) is 48.5 Å². The summed E-state index contributed by atoms with van der Waals surface area (Å²) in [7, 11) is 1.64. The quantitative estimate of drug-likeness (QED) is 0.773. The number of aromatic nitrogens is 1. The Labute approximate surface area is 140 Å². The molecule has 24 heavy (non-hydrogen) atoms. The first-order valence-corrected chi connectivity index (χ1v) is 7.57. The molecule has 0 aliphatic carbocycles. The fourth-order valence-electron chi connectivity index (χ4n) is 2.75. The zero-order chi connectivity index (χ0) is 16.9. The van der Waals surface area contributed by atoms with E-state index >= 15 is 0 Å². The summed E-state index contributed by atoms with van der Waals surface area (Å²) in [5.41, 5.74) is 3.14. The number of pyridine rings is 1. The number of ether oxygens (including phenoxy) is 1. The van der Waals surface area contributed by atoms with Crippen LogP contribution < -0.4 is 4.74 Å². The number of carbonyl (C=O) groups is 1. The second kappa shape index (κ2) is 6.96. The lowest BCUT2D eigenvalue weighted by Gasteiger charge is -2.19. The minimum atomic E-state index is -1.03. The molecule has 0 amide bonds. The number of benzene rings is 2. The lowest BCUT2D eigenvalue weighted by molar-refractivity contribution is 0.0690. The molecule has 0 aliphatic heterocycles. The molecule has 2 aromatic carbocycles. The van der Waals surface area contributed by atoms with Gasteiger partial charge in [0.15, 0.2) is 0 Å². The summed E-state index contributed by atoms with van der Waals surface area (Å²) >= 11 is 0. The van der Waals surface area contributed by atoms with Gasteiger partial charge in [-0.25, -0.2) is 9.78 Å². The van der Waals surface area contributed by atoms with Gasteiger partial charge in [0.25, 0.3) is 0 Å². The van der Waals surface area contributed by atoms with E-state index in [1.54, 1.807) is 13.3 Å². The largest absolute Gasteiger partial charge is 0.497 e. The molecule has 1 heterocycles. The van der Waals surface area contributed by atoms with Crippen molar-refractivity contribution in [1.29, 1.82) is 0 Å². The maximum Gasteiger partial charge on any atom is 0.354 e. The Morgan fingerprint density at radius 2 is 1.71 bits per heavy atom. The van der Waals surface area contributed by atoms with E-state index in [4.69, 9.17) is 9.84 Å². The Balaban J connectivity index is 2.10. The van der Waals surface area contributed by atoms with E-state index < -0.39 is 5.97 Å². The number of hydrogen-bond acceptors (Lipinski definition) is 3. The highest BCUT2D eigenvalue weighted by atomic mass is 16.5. The summed E-state index contributed by atoms with van der Waals surface area (Å²) in [4.78, 5) is 15.1. The molecule has 0 fully saturated rings. The Kier molecular flexibility index (Phi) is 4.57. The Hall–Kier alpha value is -3.14. The molecule has 0 saturated heterocycles. The zero-order valence-electron chi connectivity index (χ0n) is 13.2. The van der Waals surface area contributed by atoms with Crippen molar-refractivity contribution >= 4 is 5.97 Å². The van der Waals surface area contributed by atoms with Crippen LogP contribution in [0.2, 0.25) is 0 Å². The SMILES string of the molecule is COc1cccc(C(c2ccccc2)c2ccc(C(=O)O)nc2)c1. The monoisotopic (exact) mass is 319 g/mol. The standard InChI is InChI=1S/C20H17NO3/c1-24-17-9-5-8-15(12-17)19(14-6-3-2-4-7-14)16-10-11-18(20(22)23)21-13-16/h2-13,19H,1H3,(H,22,23). The summed E-state index contributed by atoms with van der Waals surface area (Å²) < 4.78 is 5.33. The van der Waals surface area contributed by atoms with Crippen molar-refractivity contribution in [2.75, 3.05) is 7.11 Å². The molecular weight excluding hydrogens is 302 g/mol. The Bertz CT molecular complexity index is 829. The van der Waals surface area contributed by atoms with E-state index in [0.717, 1.165) is 22.4 Å². The minimum absolute atomic E-state index is 0.0382. The zero-order valence-corrected chi connectivity index (χ0v) is 13.2. The van der Waals surface area contributed by atoms with Crippen LogP contribution in [0.4, 0.5) is 0 Å². The number of methoxy groups -OCH3 is 1. The van der Waals surface area contributed by atoms with Gasteiger partial charge in [-0.2, -0.15) is 0 Å². The van der Waals surface area contributed by atoms with E-state index in [2.05, 4.69) is 17.1 Å². The molecule has 4 nitrogen and oxygen atoms in total. The van der Waals surface area contributed by atoms with Crippen LogP contribution in [-0.4, -0.2) is 23.2 Å². The van der Waals surface area contributed by atoms with E-state index in [-0.39, 0.29) is 11.6 Å². The fraction of sp³-hybridized carbons (Fsp3) is 0.100. The van der Waals surface area contributed by atoms with Crippen LogP contribution in [0.3, 0.4) is 0 Å². The van der Waals surface area contributed by atoms with Crippen molar-refractivity contribution in [3.05, 3.63) is 95.3 Å². The maximum atomic E-state index is 11.0. The predicted molar refractivity (Wildman–Crippen MR) is 91.6 cm³/mol.